The van der Waals surface area contributed by atoms with Crippen molar-refractivity contribution in [2.75, 3.05) is 19.3 Å². The molecule has 2 heterocycles. The summed E-state index contributed by atoms with van der Waals surface area (Å²) in [7, 11) is -3.63. The van der Waals surface area contributed by atoms with E-state index in [1.54, 1.807) is 0 Å². The van der Waals surface area contributed by atoms with Gasteiger partial charge in [-0.25, -0.2) is 0 Å². The van der Waals surface area contributed by atoms with E-state index in [4.69, 9.17) is 0 Å². The fourth-order valence-corrected chi connectivity index (χ4v) is 5.78. The summed E-state index contributed by atoms with van der Waals surface area (Å²) in [5.41, 5.74) is 0.270. The van der Waals surface area contributed by atoms with Gasteiger partial charge in [-0.3, -0.25) is 24.2 Å². The van der Waals surface area contributed by atoms with Crippen LogP contribution in [0, 0.1) is 0 Å². The van der Waals surface area contributed by atoms with Crippen molar-refractivity contribution in [1.29, 1.82) is 0 Å². The number of hydrazine groups is 1. The zero-order valence-electron chi connectivity index (χ0n) is 15.0. The number of amides is 2. The minimum Gasteiger partial charge on any atom is -0.344 e. The molecule has 2 aliphatic rings. The number of hydrogen-bond donors (Lipinski definition) is 1. The number of carbonyl (C=O) groups excluding carboxylic acids is 2. The van der Waals surface area contributed by atoms with Gasteiger partial charge < -0.3 is 4.89 Å². The van der Waals surface area contributed by atoms with Gasteiger partial charge >= 0.3 is 0 Å². The maximum atomic E-state index is 12.9. The minimum absolute atomic E-state index is 0.107. The Kier molecular flexibility index (Phi) is 6.15. The number of benzene rings is 1. The summed E-state index contributed by atoms with van der Waals surface area (Å²) >= 11 is 0. The van der Waals surface area contributed by atoms with Gasteiger partial charge in [-0.1, -0.05) is 30.3 Å². The van der Waals surface area contributed by atoms with Crippen LogP contribution in [0.5, 0.6) is 0 Å². The second-order valence-corrected chi connectivity index (χ2v) is 9.74. The summed E-state index contributed by atoms with van der Waals surface area (Å²) in [4.78, 5) is 35.7. The maximum absolute atomic E-state index is 12.9. The summed E-state index contributed by atoms with van der Waals surface area (Å²) in [6.07, 6.45) is 4.45. The Morgan fingerprint density at radius 2 is 1.73 bits per heavy atom. The zero-order chi connectivity index (χ0) is 18.6. The van der Waals surface area contributed by atoms with Crippen molar-refractivity contribution in [2.45, 2.75) is 50.6 Å². The van der Waals surface area contributed by atoms with Crippen LogP contribution in [0.25, 0.3) is 0 Å². The number of rotatable bonds is 6. The summed E-state index contributed by atoms with van der Waals surface area (Å²) in [6, 6.07) is 10.0. The number of hydrogen-bond acceptors (Lipinski definition) is 3. The zero-order valence-corrected chi connectivity index (χ0v) is 15.9. The van der Waals surface area contributed by atoms with Crippen LogP contribution in [0.15, 0.2) is 30.3 Å². The molecule has 2 aliphatic heterocycles. The molecule has 7 heteroatoms. The molecule has 142 valence electrons. The maximum Gasteiger partial charge on any atom is 0.254 e. The highest BCUT2D eigenvalue weighted by atomic mass is 31.2. The molecule has 1 N–H and O–H groups in total. The highest BCUT2D eigenvalue weighted by molar-refractivity contribution is 7.59. The lowest BCUT2D eigenvalue weighted by molar-refractivity contribution is -0.164. The lowest BCUT2D eigenvalue weighted by atomic mass is 10.1. The van der Waals surface area contributed by atoms with Crippen LogP contribution in [0.1, 0.15) is 44.1 Å². The molecule has 1 unspecified atom stereocenters. The van der Waals surface area contributed by atoms with E-state index in [2.05, 4.69) is 0 Å². The number of fused-ring (bicyclic) bond motifs is 1. The third-order valence-electron chi connectivity index (χ3n) is 5.26. The van der Waals surface area contributed by atoms with Gasteiger partial charge in [0.05, 0.1) is 0 Å². The van der Waals surface area contributed by atoms with E-state index in [0.29, 0.717) is 19.5 Å². The van der Waals surface area contributed by atoms with Crippen LogP contribution in [-0.2, 0) is 20.6 Å². The normalized spacial score (nSPS) is 23.3. The summed E-state index contributed by atoms with van der Waals surface area (Å²) in [6.45, 7) is 0.999. The van der Waals surface area contributed by atoms with Crippen molar-refractivity contribution in [2.24, 2.45) is 0 Å². The SMILES string of the molecule is O=C1CC[C@H](P(=O)(O)CCCCc2ccccc2)C(=O)N2CCCCN12. The van der Waals surface area contributed by atoms with Gasteiger partial charge in [-0.15, -0.1) is 0 Å². The molecule has 0 spiro atoms. The number of aryl methyl sites for hydroxylation is 1. The van der Waals surface area contributed by atoms with E-state index >= 15 is 0 Å². The van der Waals surface area contributed by atoms with E-state index in [0.717, 1.165) is 25.7 Å². The fraction of sp³-hybridized carbons (Fsp3) is 0.579. The molecule has 2 atom stereocenters. The number of unbranched alkanes of at least 4 members (excludes halogenated alkanes) is 1. The molecule has 0 saturated carbocycles. The Morgan fingerprint density at radius 3 is 2.46 bits per heavy atom. The smallest absolute Gasteiger partial charge is 0.254 e. The Morgan fingerprint density at radius 1 is 1.04 bits per heavy atom. The molecule has 0 radical (unpaired) electrons. The van der Waals surface area contributed by atoms with Gasteiger partial charge in [-0.2, -0.15) is 0 Å². The van der Waals surface area contributed by atoms with Gasteiger partial charge in [0, 0.05) is 25.7 Å². The van der Waals surface area contributed by atoms with Gasteiger partial charge in [0.15, 0.2) is 0 Å². The Bertz CT molecular complexity index is 694. The van der Waals surface area contributed by atoms with E-state index < -0.39 is 13.0 Å². The summed E-state index contributed by atoms with van der Waals surface area (Å²) in [5, 5.41) is 2.91. The predicted molar refractivity (Wildman–Crippen MR) is 99.8 cm³/mol. The van der Waals surface area contributed by atoms with Gasteiger partial charge in [0.2, 0.25) is 13.3 Å². The largest absolute Gasteiger partial charge is 0.344 e. The topological polar surface area (TPSA) is 77.9 Å². The lowest BCUT2D eigenvalue weighted by Gasteiger charge is -2.38. The Hall–Kier alpha value is -1.65. The second kappa shape index (κ2) is 8.36. The van der Waals surface area contributed by atoms with Crippen LogP contribution in [0.2, 0.25) is 0 Å². The summed E-state index contributed by atoms with van der Waals surface area (Å²) in [5.74, 6) is -0.450. The molecule has 3 rings (SSSR count). The first-order chi connectivity index (χ1) is 12.5. The second-order valence-electron chi connectivity index (χ2n) is 7.16. The molecular formula is C19H27N2O4P. The minimum atomic E-state index is -3.63. The first-order valence-electron chi connectivity index (χ1n) is 9.46. The number of nitrogens with zero attached hydrogens (tertiary/aromatic N) is 2. The standard InChI is InChI=1S/C19H27N2O4P/c22-18-12-11-17(19(23)21-14-6-5-13-20(18)21)26(24,25)15-7-4-10-16-8-2-1-3-9-16/h1-3,8-9,17H,4-7,10-15H2,(H,24,25)/t17-/m0/s1. The number of carbonyl (C=O) groups is 2. The van der Waals surface area contributed by atoms with Crippen molar-refractivity contribution >= 4 is 19.2 Å². The quantitative estimate of drug-likeness (QED) is 0.610. The van der Waals surface area contributed by atoms with E-state index in [9.17, 15) is 19.0 Å². The van der Waals surface area contributed by atoms with E-state index in [1.165, 1.54) is 15.6 Å². The van der Waals surface area contributed by atoms with Crippen LogP contribution in [-0.4, -0.2) is 51.6 Å². The monoisotopic (exact) mass is 378 g/mol. The molecule has 2 fully saturated rings. The Balaban J connectivity index is 1.59. The molecule has 0 bridgehead atoms. The van der Waals surface area contributed by atoms with Crippen molar-refractivity contribution in [1.82, 2.24) is 10.0 Å². The Labute approximate surface area is 154 Å². The van der Waals surface area contributed by atoms with Crippen LogP contribution >= 0.6 is 7.37 Å². The molecule has 1 aromatic carbocycles. The predicted octanol–water partition coefficient (Wildman–Crippen LogP) is 2.81. The first kappa shape index (κ1) is 19.1. The van der Waals surface area contributed by atoms with Crippen molar-refractivity contribution in [3.63, 3.8) is 0 Å². The van der Waals surface area contributed by atoms with Crippen molar-refractivity contribution in [3.05, 3.63) is 35.9 Å². The molecule has 0 aromatic heterocycles. The highest BCUT2D eigenvalue weighted by Crippen LogP contribution is 2.50. The summed E-state index contributed by atoms with van der Waals surface area (Å²) < 4.78 is 12.9. The van der Waals surface area contributed by atoms with Gasteiger partial charge in [-0.05, 0) is 44.1 Å². The highest BCUT2D eigenvalue weighted by Gasteiger charge is 2.44. The van der Waals surface area contributed by atoms with Gasteiger partial charge in [0.1, 0.15) is 5.66 Å². The van der Waals surface area contributed by atoms with Gasteiger partial charge in [0.25, 0.3) is 5.91 Å². The van der Waals surface area contributed by atoms with Crippen LogP contribution < -0.4 is 0 Å². The fourth-order valence-electron chi connectivity index (χ4n) is 3.78. The lowest BCUT2D eigenvalue weighted by Crippen LogP contribution is -2.53. The molecule has 2 amide bonds. The molecule has 0 aliphatic carbocycles. The third kappa shape index (κ3) is 4.36. The average molecular weight is 378 g/mol. The van der Waals surface area contributed by atoms with Crippen LogP contribution in [0.4, 0.5) is 0 Å². The molecule has 1 aromatic rings. The molecular weight excluding hydrogens is 351 g/mol. The average Bonchev–Trinajstić information content (AvgIpc) is 2.78. The van der Waals surface area contributed by atoms with E-state index in [1.807, 2.05) is 30.3 Å². The van der Waals surface area contributed by atoms with E-state index in [-0.39, 0.29) is 30.8 Å². The van der Waals surface area contributed by atoms with Crippen LogP contribution in [0.3, 0.4) is 0 Å². The molecule has 26 heavy (non-hydrogen) atoms. The first-order valence-corrected chi connectivity index (χ1v) is 11.4. The van der Waals surface area contributed by atoms with Crippen molar-refractivity contribution in [3.8, 4) is 0 Å². The molecule has 2 saturated heterocycles. The third-order valence-corrected chi connectivity index (χ3v) is 7.67. The van der Waals surface area contributed by atoms with Crippen molar-refractivity contribution < 1.29 is 19.0 Å². The molecule has 6 nitrogen and oxygen atoms in total.